The lowest BCUT2D eigenvalue weighted by Crippen LogP contribution is -2.39. The molecule has 39 heavy (non-hydrogen) atoms. The number of ether oxygens (including phenoxy) is 2. The van der Waals surface area contributed by atoms with Gasteiger partial charge in [-0.25, -0.2) is 13.2 Å². The molecule has 0 aliphatic rings. The van der Waals surface area contributed by atoms with Crippen LogP contribution < -0.4 is 20.9 Å². The second kappa shape index (κ2) is 13.5. The van der Waals surface area contributed by atoms with Crippen LogP contribution in [0.1, 0.15) is 39.5 Å². The molecular weight excluding hydrogens is 532 g/mol. The van der Waals surface area contributed by atoms with Gasteiger partial charge in [0.1, 0.15) is 11.3 Å². The van der Waals surface area contributed by atoms with E-state index >= 15 is 0 Å². The standard InChI is InChI=1S/C24H34N6O8S/c1-3-4-12-37-23-27-21(25)20-22(28-23)30(24(34)26-20)11-6-5-10-29(14-17(33)15-31)39(35,36)19-9-7-8-18(13-19)38-16(2)32/h7-9,13,17,31,33H,3-6,10-12,14-15H2,1-2H3,(H,26,34)(H2,25,27,28)/t17-/m1/s1. The maximum absolute atomic E-state index is 13.3. The molecule has 0 unspecified atom stereocenters. The summed E-state index contributed by atoms with van der Waals surface area (Å²) in [4.78, 5) is 34.7. The van der Waals surface area contributed by atoms with Crippen LogP contribution in [0.15, 0.2) is 34.0 Å². The average Bonchev–Trinajstić information content (AvgIpc) is 3.21. The van der Waals surface area contributed by atoms with Crippen LogP contribution in [0.5, 0.6) is 11.8 Å². The van der Waals surface area contributed by atoms with Crippen molar-refractivity contribution in [3.8, 4) is 11.8 Å². The molecule has 1 atom stereocenters. The Bertz CT molecular complexity index is 1440. The summed E-state index contributed by atoms with van der Waals surface area (Å²) in [6, 6.07) is 5.50. The molecule has 3 rings (SSSR count). The molecule has 0 fully saturated rings. The molecule has 3 aromatic rings. The number of imidazole rings is 1. The van der Waals surface area contributed by atoms with Gasteiger partial charge in [-0.15, -0.1) is 0 Å². The van der Waals surface area contributed by atoms with E-state index in [1.165, 1.54) is 35.8 Å². The van der Waals surface area contributed by atoms with E-state index in [0.717, 1.165) is 17.1 Å². The van der Waals surface area contributed by atoms with Crippen molar-refractivity contribution in [3.05, 3.63) is 34.7 Å². The number of aromatic nitrogens is 4. The van der Waals surface area contributed by atoms with E-state index in [1.54, 1.807) is 0 Å². The van der Waals surface area contributed by atoms with Crippen LogP contribution in [0.4, 0.5) is 5.82 Å². The van der Waals surface area contributed by atoms with Crippen molar-refractivity contribution in [2.24, 2.45) is 0 Å². The van der Waals surface area contributed by atoms with Crippen LogP contribution >= 0.6 is 0 Å². The number of aliphatic hydroxyl groups is 2. The zero-order valence-electron chi connectivity index (χ0n) is 21.9. The van der Waals surface area contributed by atoms with Crippen LogP contribution in [0.25, 0.3) is 11.2 Å². The summed E-state index contributed by atoms with van der Waals surface area (Å²) in [5.41, 5.74) is 6.10. The maximum atomic E-state index is 13.3. The van der Waals surface area contributed by atoms with Crippen LogP contribution in [-0.4, -0.2) is 80.8 Å². The average molecular weight is 567 g/mol. The summed E-state index contributed by atoms with van der Waals surface area (Å²) in [5.74, 6) is -0.464. The first-order chi connectivity index (χ1) is 18.6. The van der Waals surface area contributed by atoms with Crippen LogP contribution in [0, 0.1) is 0 Å². The molecule has 214 valence electrons. The van der Waals surface area contributed by atoms with Gasteiger partial charge >= 0.3 is 17.7 Å². The monoisotopic (exact) mass is 566 g/mol. The number of aromatic amines is 1. The number of benzene rings is 1. The molecule has 15 heteroatoms. The van der Waals surface area contributed by atoms with E-state index in [9.17, 15) is 28.2 Å². The van der Waals surface area contributed by atoms with Gasteiger partial charge in [0.05, 0.1) is 24.2 Å². The third kappa shape index (κ3) is 7.75. The van der Waals surface area contributed by atoms with Gasteiger partial charge < -0.3 is 30.4 Å². The molecule has 0 bridgehead atoms. The Labute approximate surface area is 225 Å². The van der Waals surface area contributed by atoms with Crippen molar-refractivity contribution < 1.29 is 32.9 Å². The molecule has 0 radical (unpaired) electrons. The minimum Gasteiger partial charge on any atom is -0.463 e. The molecule has 1 aromatic carbocycles. The largest absolute Gasteiger partial charge is 0.463 e. The zero-order valence-corrected chi connectivity index (χ0v) is 22.7. The molecule has 0 aliphatic carbocycles. The Morgan fingerprint density at radius 3 is 2.72 bits per heavy atom. The molecule has 14 nitrogen and oxygen atoms in total. The third-order valence-corrected chi connectivity index (χ3v) is 7.59. The molecule has 0 amide bonds. The van der Waals surface area contributed by atoms with Gasteiger partial charge in [0.2, 0.25) is 10.0 Å². The number of nitrogens with zero attached hydrogens (tertiary/aromatic N) is 4. The molecule has 0 spiro atoms. The Kier molecular flexibility index (Phi) is 10.4. The number of hydrogen-bond donors (Lipinski definition) is 4. The number of hydrogen-bond acceptors (Lipinski definition) is 11. The number of carbonyl (C=O) groups excluding carboxylic acids is 1. The van der Waals surface area contributed by atoms with Crippen molar-refractivity contribution in [2.75, 3.05) is 32.0 Å². The highest BCUT2D eigenvalue weighted by atomic mass is 32.2. The maximum Gasteiger partial charge on any atom is 0.327 e. The number of aliphatic hydroxyl groups excluding tert-OH is 2. The Morgan fingerprint density at radius 2 is 2.03 bits per heavy atom. The van der Waals surface area contributed by atoms with E-state index in [0.29, 0.717) is 19.4 Å². The number of carbonyl (C=O) groups is 1. The smallest absolute Gasteiger partial charge is 0.327 e. The number of anilines is 1. The van der Waals surface area contributed by atoms with Crippen molar-refractivity contribution in [2.45, 2.75) is 57.1 Å². The topological polar surface area (TPSA) is 203 Å². The molecular formula is C24H34N6O8S. The molecule has 2 aromatic heterocycles. The van der Waals surface area contributed by atoms with Crippen molar-refractivity contribution in [1.29, 1.82) is 0 Å². The Balaban J connectivity index is 1.75. The number of H-pyrrole nitrogens is 1. The fraction of sp³-hybridized carbons (Fsp3) is 0.500. The van der Waals surface area contributed by atoms with Crippen LogP contribution in [-0.2, 0) is 21.4 Å². The summed E-state index contributed by atoms with van der Waals surface area (Å²) >= 11 is 0. The van der Waals surface area contributed by atoms with E-state index in [1.807, 2.05) is 6.92 Å². The first kappa shape index (κ1) is 30.0. The van der Waals surface area contributed by atoms with E-state index in [2.05, 4.69) is 15.0 Å². The molecule has 2 heterocycles. The first-order valence-corrected chi connectivity index (χ1v) is 14.0. The van der Waals surface area contributed by atoms with Crippen molar-refractivity contribution in [3.63, 3.8) is 0 Å². The van der Waals surface area contributed by atoms with Crippen LogP contribution in [0.2, 0.25) is 0 Å². The third-order valence-electron chi connectivity index (χ3n) is 5.73. The number of fused-ring (bicyclic) bond motifs is 1. The Morgan fingerprint density at radius 1 is 1.26 bits per heavy atom. The van der Waals surface area contributed by atoms with E-state index in [4.69, 9.17) is 15.2 Å². The summed E-state index contributed by atoms with van der Waals surface area (Å²) in [7, 11) is -4.12. The molecule has 0 saturated heterocycles. The summed E-state index contributed by atoms with van der Waals surface area (Å²) < 4.78 is 39.6. The fourth-order valence-corrected chi connectivity index (χ4v) is 5.34. The predicted molar refractivity (Wildman–Crippen MR) is 142 cm³/mol. The molecule has 0 aliphatic heterocycles. The number of aryl methyl sites for hydroxylation is 1. The minimum atomic E-state index is -4.12. The van der Waals surface area contributed by atoms with Gasteiger partial charge in [-0.2, -0.15) is 14.3 Å². The van der Waals surface area contributed by atoms with Crippen LogP contribution in [0.3, 0.4) is 0 Å². The highest BCUT2D eigenvalue weighted by molar-refractivity contribution is 7.89. The SMILES string of the molecule is CCCCOc1nc(N)c2[nH]c(=O)n(CCCCN(C[C@@H](O)CO)S(=O)(=O)c3cccc(OC(C)=O)c3)c2n1. The lowest BCUT2D eigenvalue weighted by molar-refractivity contribution is -0.131. The Hall–Kier alpha value is -3.53. The second-order valence-electron chi connectivity index (χ2n) is 8.85. The summed E-state index contributed by atoms with van der Waals surface area (Å²) in [5, 5.41) is 19.3. The van der Waals surface area contributed by atoms with E-state index < -0.39 is 34.4 Å². The minimum absolute atomic E-state index is 0.0171. The zero-order chi connectivity index (χ0) is 28.6. The van der Waals surface area contributed by atoms with Gasteiger partial charge in [-0.1, -0.05) is 19.4 Å². The van der Waals surface area contributed by atoms with Crippen molar-refractivity contribution >= 4 is 33.0 Å². The highest BCUT2D eigenvalue weighted by Crippen LogP contribution is 2.23. The van der Waals surface area contributed by atoms with Gasteiger partial charge in [0.15, 0.2) is 11.5 Å². The number of sulfonamides is 1. The molecule has 5 N–H and O–H groups in total. The van der Waals surface area contributed by atoms with Gasteiger partial charge in [-0.05, 0) is 31.4 Å². The summed E-state index contributed by atoms with van der Waals surface area (Å²) in [6.45, 7) is 2.82. The highest BCUT2D eigenvalue weighted by Gasteiger charge is 2.27. The van der Waals surface area contributed by atoms with Crippen molar-refractivity contribution in [1.82, 2.24) is 23.8 Å². The quantitative estimate of drug-likeness (QED) is 0.114. The van der Waals surface area contributed by atoms with Gasteiger partial charge in [0, 0.05) is 32.6 Å². The van der Waals surface area contributed by atoms with Gasteiger partial charge in [-0.3, -0.25) is 9.36 Å². The second-order valence-corrected chi connectivity index (χ2v) is 10.8. The molecule has 0 saturated carbocycles. The fourth-order valence-electron chi connectivity index (χ4n) is 3.78. The summed E-state index contributed by atoms with van der Waals surface area (Å²) in [6.07, 6.45) is 1.10. The lowest BCUT2D eigenvalue weighted by atomic mass is 10.3. The number of nitrogens with two attached hydrogens (primary N) is 1. The first-order valence-electron chi connectivity index (χ1n) is 12.5. The van der Waals surface area contributed by atoms with E-state index in [-0.39, 0.29) is 53.3 Å². The normalized spacial score (nSPS) is 12.6. The number of rotatable bonds is 15. The number of nitrogen functional groups attached to an aromatic ring is 1. The number of unbranched alkanes of at least 4 members (excludes halogenated alkanes) is 2. The predicted octanol–water partition coefficient (Wildman–Crippen LogP) is 0.630. The number of esters is 1. The van der Waals surface area contributed by atoms with Gasteiger partial charge in [0.25, 0.3) is 0 Å². The lowest BCUT2D eigenvalue weighted by Gasteiger charge is -2.24. The number of nitrogens with one attached hydrogen (secondary N) is 1.